The van der Waals surface area contributed by atoms with Gasteiger partial charge in [0.25, 0.3) is 0 Å². The molecule has 2 aromatic rings. The molecule has 0 bridgehead atoms. The van der Waals surface area contributed by atoms with Crippen LogP contribution in [0.1, 0.15) is 52.5 Å². The van der Waals surface area contributed by atoms with Crippen molar-refractivity contribution in [2.24, 2.45) is 17.8 Å². The van der Waals surface area contributed by atoms with Gasteiger partial charge in [0.1, 0.15) is 6.10 Å². The number of nitrogens with zero attached hydrogens (tertiary/aromatic N) is 4. The molecule has 2 aromatic heterocycles. The maximum Gasteiger partial charge on any atom is 0.226 e. The standard InChI is InChI=1S/C20H26ClN5O2/c1-4-12(9-5-6-9)23-17-13-18(25-19(21)24-17)26(8-22-13)14-10-7-11(10)15-16(14)28-20(2,3)27-15/h8-12,14-16H,4-7H2,1-3H3,(H,23,24,25)/t10-,11+,12-,14+,15+,16-/m0/s1. The van der Waals surface area contributed by atoms with Crippen molar-refractivity contribution < 1.29 is 9.47 Å². The van der Waals surface area contributed by atoms with Crippen molar-refractivity contribution in [1.82, 2.24) is 19.5 Å². The summed E-state index contributed by atoms with van der Waals surface area (Å²) in [6.45, 7) is 6.20. The molecule has 1 saturated heterocycles. The molecular formula is C20H26ClN5O2. The molecule has 4 fully saturated rings. The molecule has 150 valence electrons. The monoisotopic (exact) mass is 403 g/mol. The van der Waals surface area contributed by atoms with Crippen LogP contribution in [0, 0.1) is 17.8 Å². The Balaban J connectivity index is 1.39. The van der Waals surface area contributed by atoms with Crippen molar-refractivity contribution in [3.63, 3.8) is 0 Å². The molecule has 0 radical (unpaired) electrons. The van der Waals surface area contributed by atoms with E-state index in [0.29, 0.717) is 17.9 Å². The quantitative estimate of drug-likeness (QED) is 0.765. The maximum atomic E-state index is 6.33. The summed E-state index contributed by atoms with van der Waals surface area (Å²) in [6, 6.07) is 0.598. The molecular weight excluding hydrogens is 378 g/mol. The van der Waals surface area contributed by atoms with E-state index in [1.807, 2.05) is 20.2 Å². The third-order valence-corrected chi connectivity index (χ3v) is 7.09. The average Bonchev–Trinajstić information content (AvgIpc) is 3.53. The van der Waals surface area contributed by atoms with Crippen molar-refractivity contribution in [2.45, 2.75) is 76.5 Å². The second-order valence-electron chi connectivity index (χ2n) is 9.28. The second-order valence-corrected chi connectivity index (χ2v) is 9.62. The molecule has 7 nitrogen and oxygen atoms in total. The summed E-state index contributed by atoms with van der Waals surface area (Å²) >= 11 is 6.33. The summed E-state index contributed by atoms with van der Waals surface area (Å²) in [5.41, 5.74) is 1.58. The smallest absolute Gasteiger partial charge is 0.226 e. The number of imidazole rings is 1. The van der Waals surface area contributed by atoms with E-state index in [0.717, 1.165) is 29.3 Å². The number of fused-ring (bicyclic) bond motifs is 4. The predicted octanol–water partition coefficient (Wildman–Crippen LogP) is 3.79. The lowest BCUT2D eigenvalue weighted by Crippen LogP contribution is -2.30. The van der Waals surface area contributed by atoms with E-state index in [9.17, 15) is 0 Å². The number of halogens is 1. The summed E-state index contributed by atoms with van der Waals surface area (Å²) in [7, 11) is 0. The fourth-order valence-electron chi connectivity index (χ4n) is 5.46. The largest absolute Gasteiger partial charge is 0.365 e. The summed E-state index contributed by atoms with van der Waals surface area (Å²) in [4.78, 5) is 13.7. The van der Waals surface area contributed by atoms with Crippen LogP contribution < -0.4 is 5.32 Å². The number of hydrogen-bond acceptors (Lipinski definition) is 6. The van der Waals surface area contributed by atoms with Crippen LogP contribution in [0.3, 0.4) is 0 Å². The Hall–Kier alpha value is -1.44. The molecule has 1 aliphatic heterocycles. The van der Waals surface area contributed by atoms with Crippen LogP contribution in [-0.4, -0.2) is 43.6 Å². The van der Waals surface area contributed by atoms with Gasteiger partial charge in [-0.2, -0.15) is 9.97 Å². The lowest BCUT2D eigenvalue weighted by molar-refractivity contribution is -0.156. The Morgan fingerprint density at radius 3 is 2.79 bits per heavy atom. The van der Waals surface area contributed by atoms with Gasteiger partial charge in [0, 0.05) is 6.04 Å². The van der Waals surface area contributed by atoms with Crippen molar-refractivity contribution in [3.05, 3.63) is 11.6 Å². The summed E-state index contributed by atoms with van der Waals surface area (Å²) in [5, 5.41) is 3.85. The number of anilines is 1. The van der Waals surface area contributed by atoms with Crippen LogP contribution in [0.25, 0.3) is 11.2 Å². The van der Waals surface area contributed by atoms with Gasteiger partial charge in [-0.3, -0.25) is 0 Å². The zero-order valence-electron chi connectivity index (χ0n) is 16.4. The number of ether oxygens (including phenoxy) is 2. The first-order valence-electron chi connectivity index (χ1n) is 10.5. The first-order chi connectivity index (χ1) is 13.4. The minimum atomic E-state index is -0.532. The SMILES string of the molecule is CC[C@H](Nc1nc(Cl)nc2c1ncn2[C@@H]1[C@H]2C[C@H]2[C@H]2OC(C)(C)O[C@H]21)C1CC1. The van der Waals surface area contributed by atoms with Gasteiger partial charge in [0.05, 0.1) is 18.5 Å². The van der Waals surface area contributed by atoms with E-state index in [-0.39, 0.29) is 23.5 Å². The molecule has 8 heteroatoms. The normalized spacial score (nSPS) is 36.4. The van der Waals surface area contributed by atoms with E-state index in [1.165, 1.54) is 19.3 Å². The molecule has 3 aliphatic carbocycles. The van der Waals surface area contributed by atoms with Crippen molar-refractivity contribution >= 4 is 28.6 Å². The van der Waals surface area contributed by atoms with Crippen molar-refractivity contribution in [1.29, 1.82) is 0 Å². The molecule has 6 rings (SSSR count). The second kappa shape index (κ2) is 5.80. The third kappa shape index (κ3) is 2.59. The van der Waals surface area contributed by atoms with Gasteiger partial charge >= 0.3 is 0 Å². The van der Waals surface area contributed by atoms with Crippen molar-refractivity contribution in [2.75, 3.05) is 5.32 Å². The fourth-order valence-corrected chi connectivity index (χ4v) is 5.63. The van der Waals surface area contributed by atoms with Crippen LogP contribution in [0.2, 0.25) is 5.28 Å². The van der Waals surface area contributed by atoms with Gasteiger partial charge in [0.2, 0.25) is 5.28 Å². The Morgan fingerprint density at radius 2 is 2.04 bits per heavy atom. The van der Waals surface area contributed by atoms with Gasteiger partial charge in [-0.15, -0.1) is 0 Å². The molecule has 1 N–H and O–H groups in total. The van der Waals surface area contributed by atoms with E-state index >= 15 is 0 Å². The topological polar surface area (TPSA) is 74.1 Å². The minimum Gasteiger partial charge on any atom is -0.365 e. The van der Waals surface area contributed by atoms with Gasteiger partial charge in [-0.25, -0.2) is 4.98 Å². The fraction of sp³-hybridized carbons (Fsp3) is 0.750. The number of nitrogens with one attached hydrogen (secondary N) is 1. The van der Waals surface area contributed by atoms with E-state index < -0.39 is 5.79 Å². The van der Waals surface area contributed by atoms with E-state index in [1.54, 1.807) is 0 Å². The van der Waals surface area contributed by atoms with Crippen LogP contribution in [0.4, 0.5) is 5.82 Å². The molecule has 0 amide bonds. The van der Waals surface area contributed by atoms with Crippen LogP contribution in [0.15, 0.2) is 6.33 Å². The Bertz CT molecular complexity index is 942. The maximum absolute atomic E-state index is 6.33. The molecule has 3 heterocycles. The first kappa shape index (κ1) is 17.4. The predicted molar refractivity (Wildman–Crippen MR) is 105 cm³/mol. The van der Waals surface area contributed by atoms with Crippen LogP contribution in [0.5, 0.6) is 0 Å². The lowest BCUT2D eigenvalue weighted by atomic mass is 10.1. The molecule has 4 aliphatic rings. The summed E-state index contributed by atoms with van der Waals surface area (Å²) in [5.74, 6) is 2.07. The molecule has 6 atom stereocenters. The molecule has 0 spiro atoms. The molecule has 0 aromatic carbocycles. The molecule has 3 saturated carbocycles. The number of rotatable bonds is 5. The highest BCUT2D eigenvalue weighted by Crippen LogP contribution is 2.63. The Morgan fingerprint density at radius 1 is 1.25 bits per heavy atom. The highest BCUT2D eigenvalue weighted by molar-refractivity contribution is 6.28. The summed E-state index contributed by atoms with van der Waals surface area (Å²) in [6.07, 6.45) is 6.88. The van der Waals surface area contributed by atoms with Gasteiger partial charge < -0.3 is 19.4 Å². The average molecular weight is 404 g/mol. The van der Waals surface area contributed by atoms with E-state index in [4.69, 9.17) is 26.1 Å². The van der Waals surface area contributed by atoms with Gasteiger partial charge in [-0.05, 0) is 68.9 Å². The Kier molecular flexibility index (Phi) is 3.61. The van der Waals surface area contributed by atoms with Gasteiger partial charge in [-0.1, -0.05) is 6.92 Å². The highest BCUT2D eigenvalue weighted by atomic mass is 35.5. The zero-order valence-corrected chi connectivity index (χ0v) is 17.2. The summed E-state index contributed by atoms with van der Waals surface area (Å²) < 4.78 is 14.6. The van der Waals surface area contributed by atoms with Crippen LogP contribution in [-0.2, 0) is 9.47 Å². The first-order valence-corrected chi connectivity index (χ1v) is 10.8. The zero-order chi connectivity index (χ0) is 19.2. The van der Waals surface area contributed by atoms with E-state index in [2.05, 4.69) is 26.8 Å². The minimum absolute atomic E-state index is 0.0381. The van der Waals surface area contributed by atoms with Crippen LogP contribution >= 0.6 is 11.6 Å². The number of hydrogen-bond donors (Lipinski definition) is 1. The number of aromatic nitrogens is 4. The van der Waals surface area contributed by atoms with Gasteiger partial charge in [0.15, 0.2) is 22.8 Å². The lowest BCUT2D eigenvalue weighted by Gasteiger charge is -2.24. The molecule has 28 heavy (non-hydrogen) atoms. The van der Waals surface area contributed by atoms with Crippen molar-refractivity contribution in [3.8, 4) is 0 Å². The third-order valence-electron chi connectivity index (χ3n) is 6.92. The highest BCUT2D eigenvalue weighted by Gasteiger charge is 2.66. The Labute approximate surface area is 169 Å². The molecule has 0 unspecified atom stereocenters.